The highest BCUT2D eigenvalue weighted by molar-refractivity contribution is 7.17. The number of nitrogens with zero attached hydrogens (tertiary/aromatic N) is 2. The lowest BCUT2D eigenvalue weighted by atomic mass is 10.2. The van der Waals surface area contributed by atoms with Gasteiger partial charge >= 0.3 is 5.69 Å². The third kappa shape index (κ3) is 2.68. The average Bonchev–Trinajstić information content (AvgIpc) is 3.10. The number of hydrogen-bond acceptors (Lipinski definition) is 3. The molecule has 0 spiro atoms. The fraction of sp³-hybridized carbons (Fsp3) is 0.100. The summed E-state index contributed by atoms with van der Waals surface area (Å²) in [5, 5.41) is 1.77. The number of thiophene rings is 1. The molecule has 0 aliphatic rings. The molecule has 0 saturated carbocycles. The average molecular weight is 366 g/mol. The van der Waals surface area contributed by atoms with Gasteiger partial charge in [0, 0.05) is 5.56 Å². The van der Waals surface area contributed by atoms with E-state index in [0.717, 1.165) is 10.1 Å². The second-order valence-corrected chi connectivity index (χ2v) is 6.99. The predicted octanol–water partition coefficient (Wildman–Crippen LogP) is 3.71. The monoisotopic (exact) mass is 366 g/mol. The number of benzene rings is 2. The number of hydrogen-bond donors (Lipinski definition) is 0. The normalized spacial score (nSPS) is 11.2. The van der Waals surface area contributed by atoms with Gasteiger partial charge in [0.05, 0.1) is 17.7 Å². The van der Waals surface area contributed by atoms with E-state index >= 15 is 0 Å². The lowest BCUT2D eigenvalue weighted by molar-refractivity contribution is 0.594. The predicted molar refractivity (Wildman–Crippen MR) is 102 cm³/mol. The summed E-state index contributed by atoms with van der Waals surface area (Å²) in [5.74, 6) is -0.379. The van der Waals surface area contributed by atoms with Gasteiger partial charge in [-0.05, 0) is 42.1 Å². The van der Waals surface area contributed by atoms with Crippen LogP contribution in [0.25, 0.3) is 15.9 Å². The van der Waals surface area contributed by atoms with Crippen molar-refractivity contribution in [3.63, 3.8) is 0 Å². The number of aryl methyl sites for hydroxylation is 1. The van der Waals surface area contributed by atoms with Crippen molar-refractivity contribution in [2.45, 2.75) is 13.5 Å². The zero-order chi connectivity index (χ0) is 18.3. The molecule has 2 aromatic carbocycles. The van der Waals surface area contributed by atoms with Crippen molar-refractivity contribution >= 4 is 21.6 Å². The summed E-state index contributed by atoms with van der Waals surface area (Å²) in [6, 6.07) is 15.3. The minimum atomic E-state index is -0.477. The van der Waals surface area contributed by atoms with Crippen LogP contribution in [0.5, 0.6) is 0 Å². The van der Waals surface area contributed by atoms with Gasteiger partial charge in [0.15, 0.2) is 0 Å². The molecule has 4 aromatic rings. The first-order valence-corrected chi connectivity index (χ1v) is 8.98. The van der Waals surface area contributed by atoms with Gasteiger partial charge in [-0.3, -0.25) is 9.36 Å². The third-order valence-electron chi connectivity index (χ3n) is 4.30. The molecule has 26 heavy (non-hydrogen) atoms. The molecule has 130 valence electrons. The maximum absolute atomic E-state index is 14.1. The van der Waals surface area contributed by atoms with E-state index in [2.05, 4.69) is 0 Å². The third-order valence-corrected chi connectivity index (χ3v) is 5.19. The first-order chi connectivity index (χ1) is 12.6. The van der Waals surface area contributed by atoms with Gasteiger partial charge in [0.2, 0.25) is 0 Å². The molecule has 0 radical (unpaired) electrons. The van der Waals surface area contributed by atoms with Crippen LogP contribution in [0.1, 0.15) is 11.1 Å². The molecular formula is C20H15FN2O2S. The van der Waals surface area contributed by atoms with E-state index in [1.54, 1.807) is 47.8 Å². The first-order valence-electron chi connectivity index (χ1n) is 8.10. The Morgan fingerprint density at radius 2 is 1.85 bits per heavy atom. The molecule has 0 aliphatic carbocycles. The summed E-state index contributed by atoms with van der Waals surface area (Å²) in [7, 11) is 0. The molecule has 0 amide bonds. The molecule has 4 nitrogen and oxygen atoms in total. The van der Waals surface area contributed by atoms with Gasteiger partial charge in [0.1, 0.15) is 10.5 Å². The lowest BCUT2D eigenvalue weighted by Crippen LogP contribution is -2.38. The Morgan fingerprint density at radius 3 is 2.62 bits per heavy atom. The van der Waals surface area contributed by atoms with E-state index in [1.165, 1.54) is 22.0 Å². The summed E-state index contributed by atoms with van der Waals surface area (Å²) in [5.41, 5.74) is 1.55. The quantitative estimate of drug-likeness (QED) is 0.555. The fourth-order valence-corrected chi connectivity index (χ4v) is 3.86. The summed E-state index contributed by atoms with van der Waals surface area (Å²) in [4.78, 5) is 26.0. The first kappa shape index (κ1) is 16.5. The van der Waals surface area contributed by atoms with Crippen LogP contribution in [0.4, 0.5) is 4.39 Å². The smallest absolute Gasteiger partial charge is 0.287 e. The van der Waals surface area contributed by atoms with Crippen molar-refractivity contribution in [1.29, 1.82) is 0 Å². The van der Waals surface area contributed by atoms with E-state index in [1.807, 2.05) is 13.0 Å². The highest BCUT2D eigenvalue weighted by Crippen LogP contribution is 2.18. The molecular weight excluding hydrogens is 351 g/mol. The molecule has 4 rings (SSSR count). The van der Waals surface area contributed by atoms with E-state index in [9.17, 15) is 14.0 Å². The van der Waals surface area contributed by atoms with Gasteiger partial charge in [-0.1, -0.05) is 30.3 Å². The second kappa shape index (κ2) is 6.38. The summed E-state index contributed by atoms with van der Waals surface area (Å²) >= 11 is 1.28. The van der Waals surface area contributed by atoms with Crippen LogP contribution in [0.15, 0.2) is 69.6 Å². The zero-order valence-corrected chi connectivity index (χ0v) is 14.8. The molecule has 0 fully saturated rings. The maximum atomic E-state index is 14.1. The van der Waals surface area contributed by atoms with Gasteiger partial charge in [-0.15, -0.1) is 11.3 Å². The Kier molecular flexibility index (Phi) is 4.05. The number of aromatic nitrogens is 2. The van der Waals surface area contributed by atoms with Crippen molar-refractivity contribution in [3.05, 3.63) is 97.8 Å². The summed E-state index contributed by atoms with van der Waals surface area (Å²) in [6.07, 6.45) is 0. The Hall–Kier alpha value is -2.99. The van der Waals surface area contributed by atoms with Crippen molar-refractivity contribution < 1.29 is 4.39 Å². The van der Waals surface area contributed by atoms with Crippen LogP contribution in [-0.2, 0) is 6.54 Å². The van der Waals surface area contributed by atoms with Gasteiger partial charge < -0.3 is 0 Å². The van der Waals surface area contributed by atoms with Crippen molar-refractivity contribution in [2.75, 3.05) is 0 Å². The number of halogens is 1. The van der Waals surface area contributed by atoms with E-state index in [-0.39, 0.29) is 17.9 Å². The van der Waals surface area contributed by atoms with E-state index in [0.29, 0.717) is 21.5 Å². The van der Waals surface area contributed by atoms with Crippen LogP contribution in [0, 0.1) is 12.7 Å². The van der Waals surface area contributed by atoms with Crippen molar-refractivity contribution in [3.8, 4) is 5.69 Å². The van der Waals surface area contributed by atoms with Crippen LogP contribution in [-0.4, -0.2) is 9.13 Å². The number of rotatable bonds is 3. The molecule has 0 bridgehead atoms. The molecule has 0 unspecified atom stereocenters. The highest BCUT2D eigenvalue weighted by Gasteiger charge is 2.16. The van der Waals surface area contributed by atoms with E-state index in [4.69, 9.17) is 0 Å². The zero-order valence-electron chi connectivity index (χ0n) is 14.0. The molecule has 0 N–H and O–H groups in total. The van der Waals surface area contributed by atoms with E-state index < -0.39 is 5.69 Å². The standard InChI is InChI=1S/C20H15FN2O2S/c1-13-5-4-7-15(11-13)23-19(24)18-17(9-10-26-18)22(20(23)25)12-14-6-2-3-8-16(14)21/h2-11H,12H2,1H3. The fourth-order valence-electron chi connectivity index (χ4n) is 3.03. The van der Waals surface area contributed by atoms with Crippen molar-refractivity contribution in [2.24, 2.45) is 0 Å². The maximum Gasteiger partial charge on any atom is 0.336 e. The largest absolute Gasteiger partial charge is 0.336 e. The number of fused-ring (bicyclic) bond motifs is 1. The summed E-state index contributed by atoms with van der Waals surface area (Å²) < 4.78 is 17.2. The molecule has 2 aromatic heterocycles. The van der Waals surface area contributed by atoms with Crippen molar-refractivity contribution in [1.82, 2.24) is 9.13 Å². The van der Waals surface area contributed by atoms with Gasteiger partial charge in [0.25, 0.3) is 5.56 Å². The lowest BCUT2D eigenvalue weighted by Gasteiger charge is -2.13. The molecule has 0 saturated heterocycles. The molecule has 2 heterocycles. The Labute approximate surface area is 152 Å². The van der Waals surface area contributed by atoms with Gasteiger partial charge in [-0.2, -0.15) is 0 Å². The van der Waals surface area contributed by atoms with Crippen LogP contribution >= 0.6 is 11.3 Å². The Bertz CT molecular complexity index is 1240. The minimum absolute atomic E-state index is 0.0604. The summed E-state index contributed by atoms with van der Waals surface area (Å²) in [6.45, 7) is 1.96. The Morgan fingerprint density at radius 1 is 1.04 bits per heavy atom. The SMILES string of the molecule is Cc1cccc(-n2c(=O)c3sccc3n(Cc3ccccc3F)c2=O)c1. The van der Waals surface area contributed by atoms with Crippen LogP contribution in [0.2, 0.25) is 0 Å². The second-order valence-electron chi connectivity index (χ2n) is 6.07. The van der Waals surface area contributed by atoms with Gasteiger partial charge in [-0.25, -0.2) is 13.8 Å². The minimum Gasteiger partial charge on any atom is -0.287 e. The van der Waals surface area contributed by atoms with Crippen LogP contribution in [0.3, 0.4) is 0 Å². The molecule has 0 aliphatic heterocycles. The molecule has 6 heteroatoms. The highest BCUT2D eigenvalue weighted by atomic mass is 32.1. The van der Waals surface area contributed by atoms with Crippen LogP contribution < -0.4 is 11.2 Å². The molecule has 0 atom stereocenters. The Balaban J connectivity index is 2.02. The topological polar surface area (TPSA) is 44.0 Å².